The number of nitrogens with one attached hydrogen (secondary N) is 2. The number of ether oxygens (including phenoxy) is 2. The second kappa shape index (κ2) is 7.35. The van der Waals surface area contributed by atoms with E-state index in [1.165, 1.54) is 0 Å². The molecular weight excluding hydrogens is 336 g/mol. The van der Waals surface area contributed by atoms with Gasteiger partial charge in [-0.2, -0.15) is 0 Å². The molecule has 1 aromatic heterocycles. The molecule has 2 heterocycles. The lowest BCUT2D eigenvalue weighted by molar-refractivity contribution is 0.230. The van der Waals surface area contributed by atoms with Crippen molar-refractivity contribution >= 4 is 23.1 Å². The van der Waals surface area contributed by atoms with E-state index in [0.717, 1.165) is 17.0 Å². The van der Waals surface area contributed by atoms with Gasteiger partial charge in [0.15, 0.2) is 11.5 Å². The van der Waals surface area contributed by atoms with Crippen LogP contribution in [0.1, 0.15) is 38.1 Å². The Labute approximate surface area is 152 Å². The number of hydrogen-bond donors (Lipinski definition) is 2. The quantitative estimate of drug-likeness (QED) is 0.825. The van der Waals surface area contributed by atoms with Crippen LogP contribution in [0, 0.1) is 5.41 Å². The molecule has 0 saturated heterocycles. The van der Waals surface area contributed by atoms with Crippen LogP contribution in [0.5, 0.6) is 11.5 Å². The van der Waals surface area contributed by atoms with Gasteiger partial charge >= 0.3 is 6.03 Å². The third-order valence-corrected chi connectivity index (χ3v) is 4.91. The molecule has 2 N–H and O–H groups in total. The summed E-state index contributed by atoms with van der Waals surface area (Å²) < 4.78 is 11.3. The van der Waals surface area contributed by atoms with Gasteiger partial charge in [0.25, 0.3) is 0 Å². The molecule has 3 rings (SSSR count). The molecule has 2 amide bonds. The molecule has 0 radical (unpaired) electrons. The average Bonchev–Trinajstić information content (AvgIpc) is 2.97. The van der Waals surface area contributed by atoms with E-state index in [4.69, 9.17) is 9.47 Å². The topological polar surface area (TPSA) is 59.6 Å². The lowest BCUT2D eigenvalue weighted by atomic mass is 9.86. The maximum atomic E-state index is 12.5. The number of urea groups is 1. The second-order valence-corrected chi connectivity index (χ2v) is 8.10. The standard InChI is InChI=1S/C19H24N2O3S/c1-19(2,3)17(16-6-4-11-25-16)21-18(22)20-13-7-8-14-15(12-13)24-10-5-9-23-14/h4,6-8,11-12,17H,5,9-10H2,1-3H3,(H2,20,21,22)/t17-/m0/s1. The normalized spacial score (nSPS) is 15.2. The molecule has 0 unspecified atom stereocenters. The predicted molar refractivity (Wildman–Crippen MR) is 101 cm³/mol. The van der Waals surface area contributed by atoms with Crippen molar-refractivity contribution in [3.63, 3.8) is 0 Å². The minimum atomic E-state index is -0.234. The summed E-state index contributed by atoms with van der Waals surface area (Å²) in [5, 5.41) is 8.01. The zero-order valence-corrected chi connectivity index (χ0v) is 15.6. The number of carbonyl (C=O) groups excluding carboxylic acids is 1. The Balaban J connectivity index is 1.70. The van der Waals surface area contributed by atoms with Crippen molar-refractivity contribution < 1.29 is 14.3 Å². The maximum absolute atomic E-state index is 12.5. The molecule has 0 aliphatic carbocycles. The van der Waals surface area contributed by atoms with Crippen molar-refractivity contribution in [3.05, 3.63) is 40.6 Å². The molecule has 0 bridgehead atoms. The van der Waals surface area contributed by atoms with Crippen LogP contribution in [-0.4, -0.2) is 19.2 Å². The van der Waals surface area contributed by atoms with E-state index < -0.39 is 0 Å². The number of hydrogen-bond acceptors (Lipinski definition) is 4. The van der Waals surface area contributed by atoms with Crippen LogP contribution in [0.2, 0.25) is 0 Å². The number of rotatable bonds is 3. The van der Waals surface area contributed by atoms with Crippen molar-refractivity contribution in [2.24, 2.45) is 5.41 Å². The van der Waals surface area contributed by atoms with Crippen LogP contribution in [0.4, 0.5) is 10.5 Å². The fourth-order valence-electron chi connectivity index (χ4n) is 2.71. The highest BCUT2D eigenvalue weighted by atomic mass is 32.1. The number of fused-ring (bicyclic) bond motifs is 1. The van der Waals surface area contributed by atoms with E-state index in [-0.39, 0.29) is 17.5 Å². The molecule has 0 fully saturated rings. The Hall–Kier alpha value is -2.21. The third-order valence-electron chi connectivity index (χ3n) is 3.97. The number of carbonyl (C=O) groups is 1. The van der Waals surface area contributed by atoms with Crippen LogP contribution < -0.4 is 20.1 Å². The third kappa shape index (κ3) is 4.45. The van der Waals surface area contributed by atoms with Crippen LogP contribution in [0.3, 0.4) is 0 Å². The summed E-state index contributed by atoms with van der Waals surface area (Å²) in [5.41, 5.74) is 0.591. The minimum Gasteiger partial charge on any atom is -0.490 e. The Bertz CT molecular complexity index is 723. The highest BCUT2D eigenvalue weighted by Crippen LogP contribution is 2.35. The average molecular weight is 360 g/mol. The van der Waals surface area contributed by atoms with E-state index in [9.17, 15) is 4.79 Å². The summed E-state index contributed by atoms with van der Waals surface area (Å²) in [6, 6.07) is 9.21. The summed E-state index contributed by atoms with van der Waals surface area (Å²) in [6.07, 6.45) is 0.853. The number of amides is 2. The van der Waals surface area contributed by atoms with Gasteiger partial charge < -0.3 is 20.1 Å². The Morgan fingerprint density at radius 3 is 2.60 bits per heavy atom. The molecule has 1 atom stereocenters. The van der Waals surface area contributed by atoms with Gasteiger partial charge in [-0.1, -0.05) is 26.8 Å². The first-order valence-corrected chi connectivity index (χ1v) is 9.32. The van der Waals surface area contributed by atoms with Crippen molar-refractivity contribution in [1.29, 1.82) is 0 Å². The highest BCUT2D eigenvalue weighted by molar-refractivity contribution is 7.10. The van der Waals surface area contributed by atoms with E-state index in [0.29, 0.717) is 24.7 Å². The van der Waals surface area contributed by atoms with E-state index in [2.05, 4.69) is 37.5 Å². The number of anilines is 1. The second-order valence-electron chi connectivity index (χ2n) is 7.12. The van der Waals surface area contributed by atoms with Gasteiger partial charge in [0, 0.05) is 23.1 Å². The van der Waals surface area contributed by atoms with Crippen molar-refractivity contribution in [1.82, 2.24) is 5.32 Å². The lowest BCUT2D eigenvalue weighted by Gasteiger charge is -2.30. The van der Waals surface area contributed by atoms with Gasteiger partial charge in [-0.15, -0.1) is 11.3 Å². The first kappa shape index (κ1) is 17.6. The molecule has 6 heteroatoms. The van der Waals surface area contributed by atoms with Crippen LogP contribution in [0.25, 0.3) is 0 Å². The molecule has 1 aliphatic heterocycles. The molecule has 1 aromatic carbocycles. The fraction of sp³-hybridized carbons (Fsp3) is 0.421. The van der Waals surface area contributed by atoms with E-state index in [1.54, 1.807) is 17.4 Å². The van der Waals surface area contributed by atoms with Gasteiger partial charge in [-0.05, 0) is 29.0 Å². The van der Waals surface area contributed by atoms with Crippen LogP contribution >= 0.6 is 11.3 Å². The molecule has 134 valence electrons. The summed E-state index contributed by atoms with van der Waals surface area (Å²) in [4.78, 5) is 13.7. The van der Waals surface area contributed by atoms with Crippen molar-refractivity contribution in [2.45, 2.75) is 33.2 Å². The SMILES string of the molecule is CC(C)(C)[C@@H](NC(=O)Nc1ccc2c(c1)OCCCO2)c1cccs1. The Morgan fingerprint density at radius 1 is 1.16 bits per heavy atom. The van der Waals surface area contributed by atoms with Crippen LogP contribution in [-0.2, 0) is 0 Å². The van der Waals surface area contributed by atoms with Gasteiger partial charge in [0.2, 0.25) is 0 Å². The van der Waals surface area contributed by atoms with Crippen LogP contribution in [0.15, 0.2) is 35.7 Å². The minimum absolute atomic E-state index is 0.0621. The van der Waals surface area contributed by atoms with Gasteiger partial charge in [0.05, 0.1) is 19.3 Å². The molecule has 0 spiro atoms. The van der Waals surface area contributed by atoms with Crippen molar-refractivity contribution in [3.8, 4) is 11.5 Å². The smallest absolute Gasteiger partial charge is 0.319 e. The molecule has 0 saturated carbocycles. The number of benzene rings is 1. The Kier molecular flexibility index (Phi) is 5.18. The molecule has 1 aliphatic rings. The maximum Gasteiger partial charge on any atom is 0.319 e. The molecule has 5 nitrogen and oxygen atoms in total. The first-order valence-electron chi connectivity index (χ1n) is 8.44. The molecule has 25 heavy (non-hydrogen) atoms. The summed E-state index contributed by atoms with van der Waals surface area (Å²) in [6.45, 7) is 7.61. The predicted octanol–water partition coefficient (Wildman–Crippen LogP) is 4.82. The van der Waals surface area contributed by atoms with E-state index >= 15 is 0 Å². The monoisotopic (exact) mass is 360 g/mol. The zero-order valence-electron chi connectivity index (χ0n) is 14.8. The van der Waals surface area contributed by atoms with Crippen molar-refractivity contribution in [2.75, 3.05) is 18.5 Å². The summed E-state index contributed by atoms with van der Waals surface area (Å²) in [7, 11) is 0. The lowest BCUT2D eigenvalue weighted by Crippen LogP contribution is -2.38. The van der Waals surface area contributed by atoms with Gasteiger partial charge in [-0.3, -0.25) is 0 Å². The largest absolute Gasteiger partial charge is 0.490 e. The number of thiophene rings is 1. The zero-order chi connectivity index (χ0) is 17.9. The van der Waals surface area contributed by atoms with Gasteiger partial charge in [-0.25, -0.2) is 4.79 Å². The summed E-state index contributed by atoms with van der Waals surface area (Å²) in [5.74, 6) is 1.38. The highest BCUT2D eigenvalue weighted by Gasteiger charge is 2.28. The molecule has 2 aromatic rings. The summed E-state index contributed by atoms with van der Waals surface area (Å²) >= 11 is 1.65. The first-order chi connectivity index (χ1) is 11.9. The Morgan fingerprint density at radius 2 is 1.92 bits per heavy atom. The van der Waals surface area contributed by atoms with E-state index in [1.807, 2.05) is 23.6 Å². The molecular formula is C19H24N2O3S. The fourth-order valence-corrected chi connectivity index (χ4v) is 3.73. The van der Waals surface area contributed by atoms with Gasteiger partial charge in [0.1, 0.15) is 0 Å².